The number of hydrogen-bond donors (Lipinski definition) is 0. The molecule has 0 aromatic carbocycles. The van der Waals surface area contributed by atoms with Gasteiger partial charge in [-0.25, -0.2) is 4.39 Å². The van der Waals surface area contributed by atoms with Gasteiger partial charge in [0.1, 0.15) is 0 Å². The van der Waals surface area contributed by atoms with Gasteiger partial charge in [0, 0.05) is 6.42 Å². The van der Waals surface area contributed by atoms with Crippen LogP contribution in [0.1, 0.15) is 19.8 Å². The molecule has 0 heterocycles. The fourth-order valence-corrected chi connectivity index (χ4v) is 1.62. The molecule has 0 spiro atoms. The minimum absolute atomic E-state index is 0.139. The SMILES string of the molecule is CC(CC(CC(F)(C(F)(F)F)C(F)(F)F)C(F)(F)F)C(F)(F)F. The van der Waals surface area contributed by atoms with Crippen LogP contribution in [-0.2, 0) is 0 Å². The topological polar surface area (TPSA) is 0 Å². The lowest BCUT2D eigenvalue weighted by atomic mass is 9.84. The summed E-state index contributed by atoms with van der Waals surface area (Å²) in [4.78, 5) is 0. The average molecular weight is 376 g/mol. The van der Waals surface area contributed by atoms with Gasteiger partial charge in [-0.1, -0.05) is 6.92 Å². The van der Waals surface area contributed by atoms with Crippen molar-refractivity contribution in [3.63, 3.8) is 0 Å². The van der Waals surface area contributed by atoms with Crippen LogP contribution in [0, 0.1) is 11.8 Å². The van der Waals surface area contributed by atoms with Gasteiger partial charge in [-0.05, 0) is 6.42 Å². The predicted molar refractivity (Wildman–Crippen MR) is 49.9 cm³/mol. The van der Waals surface area contributed by atoms with E-state index in [1.807, 2.05) is 0 Å². The van der Waals surface area contributed by atoms with Gasteiger partial charge in [0.05, 0.1) is 11.8 Å². The van der Waals surface area contributed by atoms with Gasteiger partial charge in [-0.15, -0.1) is 0 Å². The molecule has 0 rings (SSSR count). The van der Waals surface area contributed by atoms with E-state index in [0.29, 0.717) is 0 Å². The van der Waals surface area contributed by atoms with Gasteiger partial charge < -0.3 is 0 Å². The summed E-state index contributed by atoms with van der Waals surface area (Å²) in [6, 6.07) is 0. The number of hydrogen-bond acceptors (Lipinski definition) is 0. The fraction of sp³-hybridized carbons (Fsp3) is 1.00. The van der Waals surface area contributed by atoms with Crippen LogP contribution in [0.3, 0.4) is 0 Å². The van der Waals surface area contributed by atoms with Crippen molar-refractivity contribution in [1.82, 2.24) is 0 Å². The summed E-state index contributed by atoms with van der Waals surface area (Å²) in [6.07, 6.45) is -30.1. The Hall–Kier alpha value is -0.910. The van der Waals surface area contributed by atoms with Gasteiger partial charge in [0.25, 0.3) is 5.67 Å². The van der Waals surface area contributed by atoms with E-state index < -0.39 is 55.1 Å². The van der Waals surface area contributed by atoms with Crippen molar-refractivity contribution in [3.05, 3.63) is 0 Å². The number of rotatable bonds is 4. The van der Waals surface area contributed by atoms with E-state index in [9.17, 15) is 57.1 Å². The Morgan fingerprint density at radius 2 is 0.957 bits per heavy atom. The molecule has 0 amide bonds. The second kappa shape index (κ2) is 6.19. The van der Waals surface area contributed by atoms with Crippen molar-refractivity contribution in [1.29, 1.82) is 0 Å². The van der Waals surface area contributed by atoms with Gasteiger partial charge in [0.15, 0.2) is 0 Å². The molecule has 0 saturated carbocycles. The smallest absolute Gasteiger partial charge is 0.224 e. The van der Waals surface area contributed by atoms with E-state index in [-0.39, 0.29) is 6.92 Å². The van der Waals surface area contributed by atoms with E-state index in [2.05, 4.69) is 0 Å². The fourth-order valence-electron chi connectivity index (χ4n) is 1.62. The second-order valence-electron chi connectivity index (χ2n) is 4.92. The lowest BCUT2D eigenvalue weighted by Crippen LogP contribution is -2.55. The first kappa shape index (κ1) is 22.1. The van der Waals surface area contributed by atoms with Gasteiger partial charge in [-0.3, -0.25) is 0 Å². The Labute approximate surface area is 120 Å². The summed E-state index contributed by atoms with van der Waals surface area (Å²) in [5, 5.41) is 0. The van der Waals surface area contributed by atoms with Crippen LogP contribution in [0.4, 0.5) is 57.1 Å². The maximum atomic E-state index is 13.3. The molecule has 0 saturated heterocycles. The van der Waals surface area contributed by atoms with Crippen LogP contribution in [0.5, 0.6) is 0 Å². The molecule has 13 heteroatoms. The minimum atomic E-state index is -6.77. The molecule has 0 aromatic heterocycles. The molecule has 0 N–H and O–H groups in total. The summed E-state index contributed by atoms with van der Waals surface area (Å²) < 4.78 is 161. The third-order valence-electron chi connectivity index (χ3n) is 3.09. The van der Waals surface area contributed by atoms with Crippen molar-refractivity contribution in [3.8, 4) is 0 Å². The van der Waals surface area contributed by atoms with E-state index >= 15 is 0 Å². The highest BCUT2D eigenvalue weighted by Crippen LogP contribution is 2.53. The molecule has 2 unspecified atom stereocenters. The van der Waals surface area contributed by atoms with Crippen LogP contribution in [-0.4, -0.2) is 30.4 Å². The Balaban J connectivity index is 5.70. The third kappa shape index (κ3) is 5.30. The molecule has 0 radical (unpaired) electrons. The molecule has 140 valence electrons. The van der Waals surface area contributed by atoms with E-state index in [1.165, 1.54) is 0 Å². The predicted octanol–water partition coefficient (Wildman–Crippen LogP) is 5.98. The van der Waals surface area contributed by atoms with Crippen molar-refractivity contribution in [2.45, 2.75) is 50.1 Å². The van der Waals surface area contributed by atoms with Gasteiger partial charge in [-0.2, -0.15) is 52.7 Å². The molecule has 0 aliphatic carbocycles. The van der Waals surface area contributed by atoms with Crippen LogP contribution in [0.2, 0.25) is 0 Å². The lowest BCUT2D eigenvalue weighted by molar-refractivity contribution is -0.353. The maximum absolute atomic E-state index is 13.3. The summed E-state index contributed by atoms with van der Waals surface area (Å²) in [5.74, 6) is -6.66. The minimum Gasteiger partial charge on any atom is -0.224 e. The summed E-state index contributed by atoms with van der Waals surface area (Å²) in [5.41, 5.74) is -6.27. The van der Waals surface area contributed by atoms with Crippen LogP contribution < -0.4 is 0 Å². The third-order valence-corrected chi connectivity index (χ3v) is 3.09. The van der Waals surface area contributed by atoms with E-state index in [1.54, 1.807) is 0 Å². The first-order valence-electron chi connectivity index (χ1n) is 5.69. The molecule has 0 fully saturated rings. The Morgan fingerprint density at radius 1 is 0.609 bits per heavy atom. The largest absolute Gasteiger partial charge is 0.431 e. The summed E-state index contributed by atoms with van der Waals surface area (Å²) in [6.45, 7) is 0.139. The van der Waals surface area contributed by atoms with E-state index in [4.69, 9.17) is 0 Å². The highest BCUT2D eigenvalue weighted by molar-refractivity contribution is 4.97. The van der Waals surface area contributed by atoms with Crippen LogP contribution in [0.15, 0.2) is 0 Å². The van der Waals surface area contributed by atoms with E-state index in [0.717, 1.165) is 0 Å². The maximum Gasteiger partial charge on any atom is 0.431 e. The molecule has 0 bridgehead atoms. The molecular weight excluding hydrogens is 367 g/mol. The molecule has 0 aliphatic heterocycles. The van der Waals surface area contributed by atoms with Gasteiger partial charge in [0.2, 0.25) is 0 Å². The molecule has 2 atom stereocenters. The summed E-state index contributed by atoms with van der Waals surface area (Å²) >= 11 is 0. The monoisotopic (exact) mass is 376 g/mol. The first-order chi connectivity index (χ1) is 9.73. The normalized spacial score (nSPS) is 18.0. The molecule has 23 heavy (non-hydrogen) atoms. The molecule has 0 nitrogen and oxygen atoms in total. The van der Waals surface area contributed by atoms with Crippen molar-refractivity contribution < 1.29 is 57.1 Å². The number of halogens is 13. The molecular formula is C10H9F13. The molecule has 0 aliphatic rings. The molecule has 0 aromatic rings. The zero-order chi connectivity index (χ0) is 19.1. The van der Waals surface area contributed by atoms with Crippen LogP contribution >= 0.6 is 0 Å². The average Bonchev–Trinajstić information content (AvgIpc) is 2.21. The zero-order valence-corrected chi connectivity index (χ0v) is 11.0. The lowest BCUT2D eigenvalue weighted by Gasteiger charge is -2.34. The standard InChI is InChI=1S/C10H9F13/c1-4(7(12,13)14)2-5(8(15,16)17)3-6(11,9(18,19)20)10(21,22)23/h4-5H,2-3H2,1H3. The zero-order valence-electron chi connectivity index (χ0n) is 11.0. The Kier molecular flexibility index (Phi) is 5.94. The van der Waals surface area contributed by atoms with Crippen molar-refractivity contribution in [2.24, 2.45) is 11.8 Å². The first-order valence-corrected chi connectivity index (χ1v) is 5.69. The quantitative estimate of drug-likeness (QED) is 0.530. The Bertz CT molecular complexity index is 368. The highest BCUT2D eigenvalue weighted by Gasteiger charge is 2.73. The van der Waals surface area contributed by atoms with Crippen LogP contribution in [0.25, 0.3) is 0 Å². The highest BCUT2D eigenvalue weighted by atomic mass is 19.4. The number of alkyl halides is 13. The summed E-state index contributed by atoms with van der Waals surface area (Å²) in [7, 11) is 0. The Morgan fingerprint density at radius 3 is 1.17 bits per heavy atom. The van der Waals surface area contributed by atoms with Crippen molar-refractivity contribution in [2.75, 3.05) is 0 Å². The van der Waals surface area contributed by atoms with Gasteiger partial charge >= 0.3 is 24.7 Å². The van der Waals surface area contributed by atoms with Crippen molar-refractivity contribution >= 4 is 0 Å². The second-order valence-corrected chi connectivity index (χ2v) is 4.92.